The van der Waals surface area contributed by atoms with Gasteiger partial charge >= 0.3 is 12.3 Å². The van der Waals surface area contributed by atoms with E-state index in [4.69, 9.17) is 5.11 Å². The quantitative estimate of drug-likeness (QED) is 0.662. The molecule has 0 aliphatic carbocycles. The number of halogens is 4. The molecule has 0 fully saturated rings. The molecular weight excluding hydrogens is 280 g/mol. The van der Waals surface area contributed by atoms with Crippen molar-refractivity contribution in [1.29, 1.82) is 0 Å². The lowest BCUT2D eigenvalue weighted by molar-refractivity contribution is -0.274. The van der Waals surface area contributed by atoms with Crippen molar-refractivity contribution in [1.82, 2.24) is 0 Å². The van der Waals surface area contributed by atoms with Crippen LogP contribution in [0.5, 0.6) is 5.75 Å². The molecule has 0 aliphatic heterocycles. The smallest absolute Gasteiger partial charge is 0.476 e. The number of hydrogen-bond acceptors (Lipinski definition) is 2. The molecule has 7 heteroatoms. The fourth-order valence-electron chi connectivity index (χ4n) is 1.61. The minimum atomic E-state index is -4.81. The van der Waals surface area contributed by atoms with Gasteiger partial charge in [0.05, 0.1) is 0 Å². The minimum Gasteiger partial charge on any atom is -0.476 e. The maximum atomic E-state index is 13.3. The summed E-state index contributed by atoms with van der Waals surface area (Å²) in [5.74, 6) is -3.40. The van der Waals surface area contributed by atoms with Crippen molar-refractivity contribution in [3.63, 3.8) is 0 Å². The molecule has 0 atom stereocenters. The number of alkyl halides is 3. The van der Waals surface area contributed by atoms with Crippen LogP contribution in [0.15, 0.2) is 35.7 Å². The number of hydrogen-bond donors (Lipinski definition) is 1. The molecule has 1 aromatic carbocycles. The molecule has 1 aromatic rings. The second-order valence-corrected chi connectivity index (χ2v) is 3.95. The van der Waals surface area contributed by atoms with Crippen molar-refractivity contribution >= 4 is 5.97 Å². The molecule has 20 heavy (non-hydrogen) atoms. The Morgan fingerprint density at radius 2 is 2.00 bits per heavy atom. The summed E-state index contributed by atoms with van der Waals surface area (Å²) >= 11 is 0. The van der Waals surface area contributed by atoms with Crippen LogP contribution in [0.2, 0.25) is 0 Å². The van der Waals surface area contributed by atoms with Gasteiger partial charge in [0.2, 0.25) is 5.83 Å². The molecule has 0 aliphatic rings. The monoisotopic (exact) mass is 292 g/mol. The van der Waals surface area contributed by atoms with Crippen LogP contribution in [0.3, 0.4) is 0 Å². The Balaban J connectivity index is 2.96. The first-order valence-corrected chi connectivity index (χ1v) is 5.68. The summed E-state index contributed by atoms with van der Waals surface area (Å²) in [7, 11) is 0. The van der Waals surface area contributed by atoms with E-state index in [2.05, 4.69) is 4.74 Å². The molecule has 0 radical (unpaired) electrons. The lowest BCUT2D eigenvalue weighted by Crippen LogP contribution is -2.17. The third-order valence-electron chi connectivity index (χ3n) is 2.47. The molecule has 0 saturated heterocycles. The molecule has 0 aromatic heterocycles. The van der Waals surface area contributed by atoms with Crippen LogP contribution >= 0.6 is 0 Å². The van der Waals surface area contributed by atoms with Gasteiger partial charge in [0.1, 0.15) is 5.75 Å². The van der Waals surface area contributed by atoms with Crippen LogP contribution in [-0.2, 0) is 11.2 Å². The number of carboxylic acid groups (broad SMARTS) is 1. The highest BCUT2D eigenvalue weighted by molar-refractivity contribution is 5.85. The summed E-state index contributed by atoms with van der Waals surface area (Å²) in [5.41, 5.74) is 0.335. The normalized spacial score (nSPS) is 12.8. The van der Waals surface area contributed by atoms with Crippen molar-refractivity contribution in [3.05, 3.63) is 41.2 Å². The zero-order valence-corrected chi connectivity index (χ0v) is 10.5. The number of carbonyl (C=O) groups is 1. The van der Waals surface area contributed by atoms with Gasteiger partial charge < -0.3 is 9.84 Å². The third-order valence-corrected chi connectivity index (χ3v) is 2.47. The minimum absolute atomic E-state index is 0.00154. The van der Waals surface area contributed by atoms with E-state index in [9.17, 15) is 22.4 Å². The Hall–Kier alpha value is -2.05. The molecule has 1 rings (SSSR count). The topological polar surface area (TPSA) is 46.5 Å². The largest absolute Gasteiger partial charge is 0.573 e. The maximum Gasteiger partial charge on any atom is 0.573 e. The van der Waals surface area contributed by atoms with Gasteiger partial charge in [-0.1, -0.05) is 19.1 Å². The highest BCUT2D eigenvalue weighted by Crippen LogP contribution is 2.25. The van der Waals surface area contributed by atoms with Gasteiger partial charge in [-0.25, -0.2) is 4.79 Å². The van der Waals surface area contributed by atoms with Crippen LogP contribution in [-0.4, -0.2) is 17.4 Å². The zero-order valence-electron chi connectivity index (χ0n) is 10.5. The molecule has 0 saturated carbocycles. The number of allylic oxidation sites excluding steroid dienone is 1. The van der Waals surface area contributed by atoms with Gasteiger partial charge in [0, 0.05) is 0 Å². The molecule has 3 nitrogen and oxygen atoms in total. The Bertz CT molecular complexity index is 521. The number of ether oxygens (including phenoxy) is 1. The van der Waals surface area contributed by atoms with Gasteiger partial charge in [-0.3, -0.25) is 0 Å². The summed E-state index contributed by atoms with van der Waals surface area (Å²) in [6.45, 7) is 1.56. The van der Waals surface area contributed by atoms with Crippen molar-refractivity contribution in [2.24, 2.45) is 0 Å². The van der Waals surface area contributed by atoms with E-state index in [1.165, 1.54) is 12.1 Å². The first kappa shape index (κ1) is 16.0. The molecule has 0 bridgehead atoms. The Kier molecular flexibility index (Phi) is 5.12. The van der Waals surface area contributed by atoms with Gasteiger partial charge in [-0.2, -0.15) is 4.39 Å². The van der Waals surface area contributed by atoms with Gasteiger partial charge in [-0.15, -0.1) is 13.2 Å². The van der Waals surface area contributed by atoms with Crippen molar-refractivity contribution in [2.45, 2.75) is 26.1 Å². The fourth-order valence-corrected chi connectivity index (χ4v) is 1.61. The average molecular weight is 292 g/mol. The van der Waals surface area contributed by atoms with E-state index in [0.29, 0.717) is 5.56 Å². The summed E-state index contributed by atoms with van der Waals surface area (Å²) in [6.07, 6.45) is -4.76. The first-order valence-electron chi connectivity index (χ1n) is 5.68. The number of rotatable bonds is 5. The molecule has 0 unspecified atom stereocenters. The highest BCUT2D eigenvalue weighted by Gasteiger charge is 2.31. The molecular formula is C13H12F4O3. The molecule has 0 heterocycles. The predicted octanol–water partition coefficient (Wildman–Crippen LogP) is 3.85. The highest BCUT2D eigenvalue weighted by atomic mass is 19.4. The second-order valence-electron chi connectivity index (χ2n) is 3.95. The Morgan fingerprint density at radius 1 is 1.35 bits per heavy atom. The summed E-state index contributed by atoms with van der Waals surface area (Å²) in [4.78, 5) is 10.5. The van der Waals surface area contributed by atoms with Crippen LogP contribution < -0.4 is 4.74 Å². The van der Waals surface area contributed by atoms with Gasteiger partial charge in [0.25, 0.3) is 0 Å². The molecule has 0 spiro atoms. The van der Waals surface area contributed by atoms with E-state index in [1.54, 1.807) is 6.92 Å². The van der Waals surface area contributed by atoms with E-state index in [1.807, 2.05) is 0 Å². The third kappa shape index (κ3) is 4.91. The summed E-state index contributed by atoms with van der Waals surface area (Å²) in [5, 5.41) is 8.56. The number of aliphatic carboxylic acids is 1. The lowest BCUT2D eigenvalue weighted by Gasteiger charge is -2.11. The average Bonchev–Trinajstić information content (AvgIpc) is 2.33. The van der Waals surface area contributed by atoms with Crippen LogP contribution in [0.1, 0.15) is 18.9 Å². The van der Waals surface area contributed by atoms with E-state index in [0.717, 1.165) is 12.1 Å². The van der Waals surface area contributed by atoms with Crippen LogP contribution in [0.25, 0.3) is 0 Å². The van der Waals surface area contributed by atoms with Gasteiger partial charge in [-0.05, 0) is 36.1 Å². The number of carboxylic acids is 1. The lowest BCUT2D eigenvalue weighted by atomic mass is 10.0. The van der Waals surface area contributed by atoms with Crippen molar-refractivity contribution in [2.75, 3.05) is 0 Å². The van der Waals surface area contributed by atoms with Crippen LogP contribution in [0.4, 0.5) is 17.6 Å². The standard InChI is InChI=1S/C13H12F4O3/c1-2-9(11(14)12(18)19)6-8-4-3-5-10(7-8)20-13(15,16)17/h3-5,7H,2,6H2,1H3,(H,18,19). The van der Waals surface area contributed by atoms with Crippen molar-refractivity contribution in [3.8, 4) is 5.75 Å². The molecule has 110 valence electrons. The number of benzene rings is 1. The first-order chi connectivity index (χ1) is 9.23. The second kappa shape index (κ2) is 6.40. The summed E-state index contributed by atoms with van der Waals surface area (Å²) in [6, 6.07) is 4.99. The van der Waals surface area contributed by atoms with E-state index in [-0.39, 0.29) is 18.4 Å². The zero-order chi connectivity index (χ0) is 15.3. The fraction of sp³-hybridized carbons (Fsp3) is 0.308. The maximum absolute atomic E-state index is 13.3. The van der Waals surface area contributed by atoms with Crippen molar-refractivity contribution < 1.29 is 32.2 Å². The molecule has 1 N–H and O–H groups in total. The predicted molar refractivity (Wildman–Crippen MR) is 62.9 cm³/mol. The van der Waals surface area contributed by atoms with E-state index >= 15 is 0 Å². The Morgan fingerprint density at radius 3 is 2.50 bits per heavy atom. The SMILES string of the molecule is CCC(Cc1cccc(OC(F)(F)F)c1)=C(F)C(=O)O. The Labute approximate surface area is 112 Å². The van der Waals surface area contributed by atoms with Crippen LogP contribution in [0, 0.1) is 0 Å². The van der Waals surface area contributed by atoms with Gasteiger partial charge in [0.15, 0.2) is 0 Å². The molecule has 0 amide bonds. The van der Waals surface area contributed by atoms with E-state index < -0.39 is 23.9 Å². The summed E-state index contributed by atoms with van der Waals surface area (Å²) < 4.78 is 53.3.